The number of hydrogen-bond donors (Lipinski definition) is 1. The van der Waals surface area contributed by atoms with Gasteiger partial charge >= 0.3 is 6.18 Å². The van der Waals surface area contributed by atoms with E-state index in [-0.39, 0.29) is 0 Å². The molecule has 6 nitrogen and oxygen atoms in total. The Kier molecular flexibility index (Phi) is 6.43. The molecule has 0 spiro atoms. The number of benzene rings is 1. The van der Waals surface area contributed by atoms with Crippen molar-refractivity contribution >= 4 is 11.6 Å². The molecule has 1 fully saturated rings. The quantitative estimate of drug-likeness (QED) is 0.481. The zero-order valence-corrected chi connectivity index (χ0v) is 15.9. The summed E-state index contributed by atoms with van der Waals surface area (Å²) in [7, 11) is 1.75. The van der Waals surface area contributed by atoms with Gasteiger partial charge in [0.05, 0.1) is 5.56 Å². The number of nitrogens with zero attached hydrogens (tertiary/aromatic N) is 5. The van der Waals surface area contributed by atoms with Crippen LogP contribution in [0.3, 0.4) is 0 Å². The molecule has 3 rings (SSSR count). The number of aliphatic imine (C=N–C) groups is 1. The van der Waals surface area contributed by atoms with Gasteiger partial charge in [-0.05, 0) is 30.7 Å². The van der Waals surface area contributed by atoms with E-state index in [0.29, 0.717) is 31.9 Å². The first-order valence-corrected chi connectivity index (χ1v) is 9.32. The van der Waals surface area contributed by atoms with Crippen molar-refractivity contribution in [2.45, 2.75) is 19.1 Å². The summed E-state index contributed by atoms with van der Waals surface area (Å²) in [6, 6.07) is 7.42. The Balaban J connectivity index is 1.48. The van der Waals surface area contributed by atoms with E-state index < -0.39 is 11.7 Å². The Labute approximate surface area is 162 Å². The normalized spacial score (nSPS) is 15.8. The van der Waals surface area contributed by atoms with Gasteiger partial charge in [0.2, 0.25) is 0 Å². The maximum Gasteiger partial charge on any atom is 0.416 e. The van der Waals surface area contributed by atoms with Gasteiger partial charge in [0.25, 0.3) is 0 Å². The van der Waals surface area contributed by atoms with E-state index in [2.05, 4.69) is 20.3 Å². The van der Waals surface area contributed by atoms with Crippen LogP contribution in [-0.4, -0.2) is 60.4 Å². The van der Waals surface area contributed by atoms with Crippen LogP contribution in [0.25, 0.3) is 0 Å². The standard InChI is InChI=1S/C19H25F3N6/c1-23-18(24-7-3-9-28-10-4-8-25-28)27-13-11-26(12-14-27)17-6-2-5-16(15-17)19(20,21)22/h2,4-6,8,10,15H,3,7,9,11-14H2,1H3,(H,23,24). The third-order valence-electron chi connectivity index (χ3n) is 4.74. The van der Waals surface area contributed by atoms with E-state index in [4.69, 9.17) is 0 Å². The highest BCUT2D eigenvalue weighted by atomic mass is 19.4. The first-order valence-electron chi connectivity index (χ1n) is 9.32. The van der Waals surface area contributed by atoms with Gasteiger partial charge in [0.15, 0.2) is 5.96 Å². The lowest BCUT2D eigenvalue weighted by Gasteiger charge is -2.37. The largest absolute Gasteiger partial charge is 0.416 e. The maximum absolute atomic E-state index is 12.9. The highest BCUT2D eigenvalue weighted by Gasteiger charge is 2.31. The van der Waals surface area contributed by atoms with Crippen molar-refractivity contribution in [2.24, 2.45) is 4.99 Å². The Morgan fingerprint density at radius 1 is 1.18 bits per heavy atom. The zero-order valence-electron chi connectivity index (χ0n) is 15.9. The SMILES string of the molecule is CN=C(NCCCn1cccn1)N1CCN(c2cccc(C(F)(F)F)c2)CC1. The molecular weight excluding hydrogens is 369 g/mol. The smallest absolute Gasteiger partial charge is 0.368 e. The second-order valence-electron chi connectivity index (χ2n) is 6.62. The van der Waals surface area contributed by atoms with Gasteiger partial charge < -0.3 is 15.1 Å². The predicted molar refractivity (Wildman–Crippen MR) is 103 cm³/mol. The average Bonchev–Trinajstić information content (AvgIpc) is 3.21. The summed E-state index contributed by atoms with van der Waals surface area (Å²) in [4.78, 5) is 8.45. The van der Waals surface area contributed by atoms with Gasteiger partial charge in [0, 0.05) is 64.4 Å². The lowest BCUT2D eigenvalue weighted by Crippen LogP contribution is -2.52. The number of hydrogen-bond acceptors (Lipinski definition) is 3. The molecule has 1 aliphatic heterocycles. The van der Waals surface area contributed by atoms with Crippen LogP contribution < -0.4 is 10.2 Å². The molecule has 1 N–H and O–H groups in total. The van der Waals surface area contributed by atoms with Crippen LogP contribution in [0.4, 0.5) is 18.9 Å². The van der Waals surface area contributed by atoms with Crippen LogP contribution in [0.2, 0.25) is 0 Å². The summed E-state index contributed by atoms with van der Waals surface area (Å²) in [5.74, 6) is 0.823. The van der Waals surface area contributed by atoms with Crippen LogP contribution >= 0.6 is 0 Å². The van der Waals surface area contributed by atoms with E-state index in [0.717, 1.165) is 31.5 Å². The molecule has 1 saturated heterocycles. The lowest BCUT2D eigenvalue weighted by molar-refractivity contribution is -0.137. The summed E-state index contributed by atoms with van der Waals surface area (Å²) in [5.41, 5.74) is -0.00117. The summed E-state index contributed by atoms with van der Waals surface area (Å²) < 4.78 is 40.7. The summed E-state index contributed by atoms with van der Waals surface area (Å²) in [5, 5.41) is 7.53. The molecular formula is C19H25F3N6. The summed E-state index contributed by atoms with van der Waals surface area (Å²) in [6.07, 6.45) is 0.295. The fourth-order valence-corrected chi connectivity index (χ4v) is 3.26. The molecule has 0 unspecified atom stereocenters. The summed E-state index contributed by atoms with van der Waals surface area (Å²) >= 11 is 0. The Morgan fingerprint density at radius 3 is 2.61 bits per heavy atom. The van der Waals surface area contributed by atoms with Crippen LogP contribution in [0.1, 0.15) is 12.0 Å². The first-order chi connectivity index (χ1) is 13.5. The summed E-state index contributed by atoms with van der Waals surface area (Å²) in [6.45, 7) is 4.31. The number of guanidine groups is 1. The minimum Gasteiger partial charge on any atom is -0.368 e. The van der Waals surface area contributed by atoms with Crippen molar-refractivity contribution in [2.75, 3.05) is 44.7 Å². The van der Waals surface area contributed by atoms with Crippen molar-refractivity contribution in [1.82, 2.24) is 20.0 Å². The average molecular weight is 394 g/mol. The number of aryl methyl sites for hydroxylation is 1. The van der Waals surface area contributed by atoms with Crippen molar-refractivity contribution in [1.29, 1.82) is 0 Å². The second kappa shape index (κ2) is 8.99. The monoisotopic (exact) mass is 394 g/mol. The zero-order chi connectivity index (χ0) is 20.0. The fraction of sp³-hybridized carbons (Fsp3) is 0.474. The third-order valence-corrected chi connectivity index (χ3v) is 4.74. The molecule has 0 saturated carbocycles. The van der Waals surface area contributed by atoms with E-state index in [9.17, 15) is 13.2 Å². The topological polar surface area (TPSA) is 48.7 Å². The maximum atomic E-state index is 12.9. The van der Waals surface area contributed by atoms with E-state index >= 15 is 0 Å². The fourth-order valence-electron chi connectivity index (χ4n) is 3.26. The molecule has 0 atom stereocenters. The van der Waals surface area contributed by atoms with Crippen molar-refractivity contribution in [3.63, 3.8) is 0 Å². The molecule has 2 aromatic rings. The number of piperazine rings is 1. The Morgan fingerprint density at radius 2 is 1.96 bits per heavy atom. The molecule has 1 aromatic heterocycles. The van der Waals surface area contributed by atoms with E-state index in [1.54, 1.807) is 19.3 Å². The van der Waals surface area contributed by atoms with Crippen molar-refractivity contribution in [3.8, 4) is 0 Å². The molecule has 1 aliphatic rings. The molecule has 152 valence electrons. The van der Waals surface area contributed by atoms with Gasteiger partial charge in [-0.1, -0.05) is 6.07 Å². The van der Waals surface area contributed by atoms with Gasteiger partial charge in [-0.15, -0.1) is 0 Å². The molecule has 9 heteroatoms. The number of halogens is 3. The predicted octanol–water partition coefficient (Wildman–Crippen LogP) is 2.69. The molecule has 0 amide bonds. The lowest BCUT2D eigenvalue weighted by atomic mass is 10.1. The number of aromatic nitrogens is 2. The minimum atomic E-state index is -4.32. The number of rotatable bonds is 5. The Hall–Kier alpha value is -2.71. The number of alkyl halides is 3. The van der Waals surface area contributed by atoms with Crippen LogP contribution in [0, 0.1) is 0 Å². The van der Waals surface area contributed by atoms with E-state index in [1.165, 1.54) is 12.1 Å². The van der Waals surface area contributed by atoms with Crippen molar-refractivity contribution < 1.29 is 13.2 Å². The van der Waals surface area contributed by atoms with Crippen LogP contribution in [-0.2, 0) is 12.7 Å². The van der Waals surface area contributed by atoms with Gasteiger partial charge in [-0.25, -0.2) is 0 Å². The van der Waals surface area contributed by atoms with Gasteiger partial charge in [-0.2, -0.15) is 18.3 Å². The molecule has 28 heavy (non-hydrogen) atoms. The van der Waals surface area contributed by atoms with Crippen LogP contribution in [0.5, 0.6) is 0 Å². The van der Waals surface area contributed by atoms with Gasteiger partial charge in [-0.3, -0.25) is 9.67 Å². The van der Waals surface area contributed by atoms with E-state index in [1.807, 2.05) is 21.8 Å². The van der Waals surface area contributed by atoms with Gasteiger partial charge in [0.1, 0.15) is 0 Å². The molecule has 0 bridgehead atoms. The highest BCUT2D eigenvalue weighted by Crippen LogP contribution is 2.31. The minimum absolute atomic E-state index is 0.608. The second-order valence-corrected chi connectivity index (χ2v) is 6.62. The third kappa shape index (κ3) is 5.17. The van der Waals surface area contributed by atoms with Crippen molar-refractivity contribution in [3.05, 3.63) is 48.3 Å². The molecule has 1 aromatic carbocycles. The number of anilines is 1. The molecule has 0 radical (unpaired) electrons. The highest BCUT2D eigenvalue weighted by molar-refractivity contribution is 5.80. The number of nitrogens with one attached hydrogen (secondary N) is 1. The Bertz CT molecular complexity index is 764. The molecule has 2 heterocycles. The molecule has 0 aliphatic carbocycles. The van der Waals surface area contributed by atoms with Crippen LogP contribution in [0.15, 0.2) is 47.7 Å². The first kappa shape index (κ1) is 20.0.